The van der Waals surface area contributed by atoms with Crippen molar-refractivity contribution >= 4 is 32.9 Å². The van der Waals surface area contributed by atoms with Gasteiger partial charge < -0.3 is 4.98 Å². The monoisotopic (exact) mass is 314 g/mol. The predicted molar refractivity (Wildman–Crippen MR) is 82.8 cm³/mol. The summed E-state index contributed by atoms with van der Waals surface area (Å²) in [6, 6.07) is 7.95. The quantitative estimate of drug-likeness (QED) is 0.578. The average Bonchev–Trinajstić information content (AvgIpc) is 2.79. The second-order valence-electron chi connectivity index (χ2n) is 4.56. The third-order valence-corrected chi connectivity index (χ3v) is 4.79. The van der Waals surface area contributed by atoms with E-state index in [9.17, 15) is 8.42 Å². The molecule has 2 rings (SSSR count). The van der Waals surface area contributed by atoms with Crippen molar-refractivity contribution < 1.29 is 13.0 Å². The zero-order valence-corrected chi connectivity index (χ0v) is 12.7. The highest BCUT2D eigenvalue weighted by Gasteiger charge is 2.04. The lowest BCUT2D eigenvalue weighted by Gasteiger charge is -2.00. The normalized spacial score (nSPS) is 12.1. The second kappa shape index (κ2) is 7.10. The van der Waals surface area contributed by atoms with Gasteiger partial charge in [0.15, 0.2) is 0 Å². The van der Waals surface area contributed by atoms with E-state index in [1.807, 2.05) is 24.3 Å². The van der Waals surface area contributed by atoms with Crippen LogP contribution in [0.2, 0.25) is 0 Å². The first-order valence-corrected chi connectivity index (χ1v) is 9.27. The van der Waals surface area contributed by atoms with Crippen molar-refractivity contribution in [3.05, 3.63) is 30.1 Å². The fraction of sp³-hybridized carbons (Fsp3) is 0.462. The van der Waals surface area contributed by atoms with E-state index in [2.05, 4.69) is 9.97 Å². The highest BCUT2D eigenvalue weighted by Crippen LogP contribution is 2.13. The minimum Gasteiger partial charge on any atom is -0.342 e. The number of benzene rings is 1. The molecule has 0 aliphatic carbocycles. The minimum absolute atomic E-state index is 0.149. The number of hydrogen-bond acceptors (Lipinski definition) is 4. The van der Waals surface area contributed by atoms with Crippen molar-refractivity contribution in [2.24, 2.45) is 0 Å². The van der Waals surface area contributed by atoms with Gasteiger partial charge in [0.25, 0.3) is 10.1 Å². The van der Waals surface area contributed by atoms with Crippen LogP contribution in [0.25, 0.3) is 11.0 Å². The van der Waals surface area contributed by atoms with E-state index in [1.54, 1.807) is 11.8 Å². The molecule has 0 fully saturated rings. The molecular weight excluding hydrogens is 296 g/mol. The van der Waals surface area contributed by atoms with Crippen LogP contribution in [0.5, 0.6) is 0 Å². The summed E-state index contributed by atoms with van der Waals surface area (Å²) in [5.41, 5.74) is 2.05. The Labute approximate surface area is 122 Å². The van der Waals surface area contributed by atoms with Crippen LogP contribution < -0.4 is 0 Å². The molecule has 0 atom stereocenters. The Balaban J connectivity index is 1.64. The van der Waals surface area contributed by atoms with Gasteiger partial charge in [0.1, 0.15) is 5.82 Å². The average molecular weight is 314 g/mol. The van der Waals surface area contributed by atoms with Gasteiger partial charge in [-0.15, -0.1) is 0 Å². The summed E-state index contributed by atoms with van der Waals surface area (Å²) in [4.78, 5) is 7.79. The fourth-order valence-corrected chi connectivity index (χ4v) is 3.50. The minimum atomic E-state index is -3.80. The Morgan fingerprint density at radius 1 is 1.20 bits per heavy atom. The van der Waals surface area contributed by atoms with Crippen LogP contribution in [0.3, 0.4) is 0 Å². The molecule has 2 N–H and O–H groups in total. The van der Waals surface area contributed by atoms with E-state index in [0.29, 0.717) is 6.42 Å². The standard InChI is InChI=1S/C13H18N2O3S2/c16-20(17,18)10-4-9-19-8-3-7-13-14-11-5-1-2-6-12(11)15-13/h1-2,5-6H,3-4,7-10H2,(H,14,15)(H,16,17,18). The topological polar surface area (TPSA) is 83.1 Å². The molecule has 5 nitrogen and oxygen atoms in total. The highest BCUT2D eigenvalue weighted by atomic mass is 32.2. The fourth-order valence-electron chi connectivity index (χ4n) is 1.91. The first kappa shape index (κ1) is 15.3. The number of nitrogens with zero attached hydrogens (tertiary/aromatic N) is 1. The molecular formula is C13H18N2O3S2. The van der Waals surface area contributed by atoms with Crippen molar-refractivity contribution in [2.75, 3.05) is 17.3 Å². The van der Waals surface area contributed by atoms with Crippen molar-refractivity contribution in [1.29, 1.82) is 0 Å². The number of imidazole rings is 1. The summed E-state index contributed by atoms with van der Waals surface area (Å²) in [7, 11) is -3.80. The molecule has 1 aromatic heterocycles. The van der Waals surface area contributed by atoms with Gasteiger partial charge in [-0.05, 0) is 36.5 Å². The number of thioether (sulfide) groups is 1. The van der Waals surface area contributed by atoms with Gasteiger partial charge in [0.2, 0.25) is 0 Å². The summed E-state index contributed by atoms with van der Waals surface area (Å²) in [6.45, 7) is 0. The number of fused-ring (bicyclic) bond motifs is 1. The van der Waals surface area contributed by atoms with Crippen LogP contribution in [0.4, 0.5) is 0 Å². The molecule has 2 aromatic rings. The molecule has 110 valence electrons. The Morgan fingerprint density at radius 3 is 2.70 bits per heavy atom. The summed E-state index contributed by atoms with van der Waals surface area (Å²) < 4.78 is 29.6. The number of H-pyrrole nitrogens is 1. The Morgan fingerprint density at radius 2 is 1.95 bits per heavy atom. The van der Waals surface area contributed by atoms with Crippen LogP contribution in [0.15, 0.2) is 24.3 Å². The summed E-state index contributed by atoms with van der Waals surface area (Å²) in [5, 5.41) is 0. The van der Waals surface area contributed by atoms with Crippen molar-refractivity contribution in [1.82, 2.24) is 9.97 Å². The van der Waals surface area contributed by atoms with Crippen LogP contribution in [-0.2, 0) is 16.5 Å². The molecule has 0 saturated heterocycles. The number of nitrogens with one attached hydrogen (secondary N) is 1. The maximum absolute atomic E-state index is 10.5. The number of aromatic amines is 1. The number of aromatic nitrogens is 2. The Kier molecular flexibility index (Phi) is 5.45. The van der Waals surface area contributed by atoms with Crippen LogP contribution >= 0.6 is 11.8 Å². The van der Waals surface area contributed by atoms with Crippen LogP contribution in [0, 0.1) is 0 Å². The van der Waals surface area contributed by atoms with Crippen molar-refractivity contribution in [3.8, 4) is 0 Å². The molecule has 0 aliphatic heterocycles. The molecule has 20 heavy (non-hydrogen) atoms. The number of rotatable bonds is 8. The lowest BCUT2D eigenvalue weighted by Crippen LogP contribution is -2.04. The van der Waals surface area contributed by atoms with E-state index in [0.717, 1.165) is 41.2 Å². The summed E-state index contributed by atoms with van der Waals surface area (Å²) in [6.07, 6.45) is 2.38. The molecule has 1 aromatic carbocycles. The smallest absolute Gasteiger partial charge is 0.264 e. The molecule has 0 amide bonds. The van der Waals surface area contributed by atoms with Crippen molar-refractivity contribution in [2.45, 2.75) is 19.3 Å². The molecule has 0 bridgehead atoms. The van der Waals surface area contributed by atoms with Gasteiger partial charge in [0, 0.05) is 6.42 Å². The van der Waals surface area contributed by atoms with Crippen LogP contribution in [0.1, 0.15) is 18.7 Å². The first-order valence-electron chi connectivity index (χ1n) is 6.51. The summed E-state index contributed by atoms with van der Waals surface area (Å²) >= 11 is 1.70. The number of para-hydroxylation sites is 2. The maximum atomic E-state index is 10.5. The molecule has 0 unspecified atom stereocenters. The van der Waals surface area contributed by atoms with Gasteiger partial charge >= 0.3 is 0 Å². The van der Waals surface area contributed by atoms with Gasteiger partial charge in [-0.3, -0.25) is 4.55 Å². The molecule has 1 heterocycles. The van der Waals surface area contributed by atoms with Gasteiger partial charge in [-0.1, -0.05) is 12.1 Å². The molecule has 0 aliphatic rings. The highest BCUT2D eigenvalue weighted by molar-refractivity contribution is 7.99. The van der Waals surface area contributed by atoms with Gasteiger partial charge in [-0.25, -0.2) is 4.98 Å². The SMILES string of the molecule is O=S(=O)(O)CCCSCCCc1nc2ccccc2[nH]1. The summed E-state index contributed by atoms with van der Waals surface area (Å²) in [5.74, 6) is 2.55. The lowest BCUT2D eigenvalue weighted by atomic mass is 10.3. The zero-order chi connectivity index (χ0) is 14.4. The third-order valence-electron chi connectivity index (χ3n) is 2.83. The molecule has 0 spiro atoms. The third kappa shape index (κ3) is 5.15. The van der Waals surface area contributed by atoms with Crippen LogP contribution in [-0.4, -0.2) is 40.2 Å². The zero-order valence-electron chi connectivity index (χ0n) is 11.1. The number of aryl methyl sites for hydroxylation is 1. The second-order valence-corrected chi connectivity index (χ2v) is 7.35. The predicted octanol–water partition coefficient (Wildman–Crippen LogP) is 2.51. The molecule has 0 radical (unpaired) electrons. The van der Waals surface area contributed by atoms with E-state index >= 15 is 0 Å². The van der Waals surface area contributed by atoms with E-state index < -0.39 is 10.1 Å². The number of hydrogen-bond donors (Lipinski definition) is 2. The van der Waals surface area contributed by atoms with E-state index in [-0.39, 0.29) is 5.75 Å². The van der Waals surface area contributed by atoms with Gasteiger partial charge in [0.05, 0.1) is 16.8 Å². The van der Waals surface area contributed by atoms with Crippen molar-refractivity contribution in [3.63, 3.8) is 0 Å². The van der Waals surface area contributed by atoms with E-state index in [1.165, 1.54) is 0 Å². The largest absolute Gasteiger partial charge is 0.342 e. The lowest BCUT2D eigenvalue weighted by molar-refractivity contribution is 0.482. The maximum Gasteiger partial charge on any atom is 0.264 e. The molecule has 7 heteroatoms. The van der Waals surface area contributed by atoms with Gasteiger partial charge in [-0.2, -0.15) is 20.2 Å². The van der Waals surface area contributed by atoms with E-state index in [4.69, 9.17) is 4.55 Å². The Bertz CT molecular complexity index is 619. The molecule has 0 saturated carbocycles. The Hall–Kier alpha value is -1.05. The first-order chi connectivity index (χ1) is 9.54.